The Hall–Kier alpha value is -6.38. The summed E-state index contributed by atoms with van der Waals surface area (Å²) in [7, 11) is 0. The third kappa shape index (κ3) is 4.74. The standard InChI is InChI=1S/C46H31NO/c1-4-15-32(16-5-1)35-28-30-44(42(31-35)33-17-6-2-7-18-33)47(36-20-8-3-9-21-36)43-26-13-12-23-38(43)39-24-14-25-40-41-29-27-34-19-10-11-22-37(34)45(41)48-46(39)40/h1-31H. The van der Waals surface area contributed by atoms with Gasteiger partial charge in [-0.25, -0.2) is 0 Å². The molecule has 226 valence electrons. The van der Waals surface area contributed by atoms with Crippen LogP contribution in [0.25, 0.3) is 66.1 Å². The van der Waals surface area contributed by atoms with Gasteiger partial charge in [-0.3, -0.25) is 0 Å². The minimum absolute atomic E-state index is 0.895. The van der Waals surface area contributed by atoms with E-state index in [0.29, 0.717) is 0 Å². The van der Waals surface area contributed by atoms with Crippen LogP contribution in [-0.2, 0) is 0 Å². The largest absolute Gasteiger partial charge is 0.455 e. The Morgan fingerprint density at radius 2 is 0.938 bits per heavy atom. The molecule has 2 heteroatoms. The molecule has 0 atom stereocenters. The molecule has 0 fully saturated rings. The molecule has 0 bridgehead atoms. The highest BCUT2D eigenvalue weighted by atomic mass is 16.3. The summed E-state index contributed by atoms with van der Waals surface area (Å²) in [4.78, 5) is 2.39. The van der Waals surface area contributed by atoms with Gasteiger partial charge in [0.1, 0.15) is 11.2 Å². The summed E-state index contributed by atoms with van der Waals surface area (Å²) in [6, 6.07) is 66.8. The quantitative estimate of drug-likeness (QED) is 0.185. The van der Waals surface area contributed by atoms with E-state index in [4.69, 9.17) is 4.42 Å². The zero-order valence-electron chi connectivity index (χ0n) is 26.3. The molecule has 0 saturated heterocycles. The van der Waals surface area contributed by atoms with Crippen LogP contribution in [0.15, 0.2) is 192 Å². The number of nitrogens with zero attached hydrogens (tertiary/aromatic N) is 1. The van der Waals surface area contributed by atoms with Crippen LogP contribution in [0.3, 0.4) is 0 Å². The Morgan fingerprint density at radius 1 is 0.333 bits per heavy atom. The van der Waals surface area contributed by atoms with Gasteiger partial charge in [-0.05, 0) is 58.5 Å². The molecule has 8 aromatic carbocycles. The Morgan fingerprint density at radius 3 is 1.75 bits per heavy atom. The van der Waals surface area contributed by atoms with Crippen molar-refractivity contribution in [1.29, 1.82) is 0 Å². The van der Waals surface area contributed by atoms with Gasteiger partial charge in [0.25, 0.3) is 0 Å². The normalized spacial score (nSPS) is 11.3. The van der Waals surface area contributed by atoms with Gasteiger partial charge in [0.2, 0.25) is 0 Å². The van der Waals surface area contributed by atoms with Crippen molar-refractivity contribution < 1.29 is 4.42 Å². The number of fused-ring (bicyclic) bond motifs is 5. The van der Waals surface area contributed by atoms with E-state index in [1.54, 1.807) is 0 Å². The molecule has 0 spiro atoms. The third-order valence-corrected chi connectivity index (χ3v) is 9.27. The fourth-order valence-electron chi connectivity index (χ4n) is 7.01. The van der Waals surface area contributed by atoms with E-state index >= 15 is 0 Å². The van der Waals surface area contributed by atoms with E-state index < -0.39 is 0 Å². The van der Waals surface area contributed by atoms with Crippen molar-refractivity contribution in [3.05, 3.63) is 188 Å². The molecule has 9 aromatic rings. The highest BCUT2D eigenvalue weighted by molar-refractivity contribution is 6.17. The van der Waals surface area contributed by atoms with Gasteiger partial charge in [-0.1, -0.05) is 152 Å². The van der Waals surface area contributed by atoms with Crippen LogP contribution in [-0.4, -0.2) is 0 Å². The summed E-state index contributed by atoms with van der Waals surface area (Å²) in [6.07, 6.45) is 0. The predicted molar refractivity (Wildman–Crippen MR) is 202 cm³/mol. The molecular weight excluding hydrogens is 583 g/mol. The van der Waals surface area contributed by atoms with Crippen molar-refractivity contribution in [2.24, 2.45) is 0 Å². The number of para-hydroxylation sites is 3. The smallest absolute Gasteiger partial charge is 0.143 e. The van der Waals surface area contributed by atoms with Gasteiger partial charge in [-0.2, -0.15) is 0 Å². The summed E-state index contributed by atoms with van der Waals surface area (Å²) in [5.41, 5.74) is 11.9. The summed E-state index contributed by atoms with van der Waals surface area (Å²) in [5, 5.41) is 4.55. The van der Waals surface area contributed by atoms with Crippen molar-refractivity contribution in [3.8, 4) is 33.4 Å². The first-order valence-electron chi connectivity index (χ1n) is 16.4. The van der Waals surface area contributed by atoms with Crippen LogP contribution in [0.5, 0.6) is 0 Å². The van der Waals surface area contributed by atoms with Gasteiger partial charge < -0.3 is 9.32 Å². The molecule has 48 heavy (non-hydrogen) atoms. The molecule has 0 aliphatic heterocycles. The molecular formula is C46H31NO. The molecule has 0 amide bonds. The van der Waals surface area contributed by atoms with E-state index in [9.17, 15) is 0 Å². The van der Waals surface area contributed by atoms with Gasteiger partial charge in [-0.15, -0.1) is 0 Å². The second-order valence-electron chi connectivity index (χ2n) is 12.1. The lowest BCUT2D eigenvalue weighted by Gasteiger charge is -2.30. The molecule has 2 nitrogen and oxygen atoms in total. The van der Waals surface area contributed by atoms with Gasteiger partial charge in [0.15, 0.2) is 0 Å². The van der Waals surface area contributed by atoms with Crippen molar-refractivity contribution in [1.82, 2.24) is 0 Å². The van der Waals surface area contributed by atoms with Crippen molar-refractivity contribution in [2.45, 2.75) is 0 Å². The minimum atomic E-state index is 0.895. The molecule has 0 radical (unpaired) electrons. The number of furan rings is 1. The molecule has 0 saturated carbocycles. The summed E-state index contributed by atoms with van der Waals surface area (Å²) >= 11 is 0. The topological polar surface area (TPSA) is 16.4 Å². The van der Waals surface area contributed by atoms with Crippen LogP contribution < -0.4 is 4.90 Å². The lowest BCUT2D eigenvalue weighted by Crippen LogP contribution is -2.12. The maximum atomic E-state index is 6.84. The Kier molecular flexibility index (Phi) is 6.84. The lowest BCUT2D eigenvalue weighted by atomic mass is 9.95. The number of rotatable bonds is 6. The van der Waals surface area contributed by atoms with Crippen LogP contribution in [0.1, 0.15) is 0 Å². The summed E-state index contributed by atoms with van der Waals surface area (Å²) in [6.45, 7) is 0. The monoisotopic (exact) mass is 613 g/mol. The molecule has 1 aromatic heterocycles. The Labute approximate surface area is 279 Å². The molecule has 0 aliphatic carbocycles. The van der Waals surface area contributed by atoms with Crippen LogP contribution in [0, 0.1) is 0 Å². The fourth-order valence-corrected chi connectivity index (χ4v) is 7.01. The average Bonchev–Trinajstić information content (AvgIpc) is 3.56. The number of hydrogen-bond donors (Lipinski definition) is 0. The first kappa shape index (κ1) is 27.9. The maximum Gasteiger partial charge on any atom is 0.143 e. The zero-order valence-corrected chi connectivity index (χ0v) is 26.3. The third-order valence-electron chi connectivity index (χ3n) is 9.27. The Balaban J connectivity index is 1.30. The predicted octanol–water partition coefficient (Wildman–Crippen LogP) is 13.2. The van der Waals surface area contributed by atoms with Crippen molar-refractivity contribution in [3.63, 3.8) is 0 Å². The first-order valence-corrected chi connectivity index (χ1v) is 16.4. The van der Waals surface area contributed by atoms with Gasteiger partial charge in [0, 0.05) is 38.5 Å². The second kappa shape index (κ2) is 11.8. The van der Waals surface area contributed by atoms with E-state index in [2.05, 4.69) is 193 Å². The molecule has 1 heterocycles. The van der Waals surface area contributed by atoms with E-state index in [-0.39, 0.29) is 0 Å². The summed E-state index contributed by atoms with van der Waals surface area (Å²) < 4.78 is 6.84. The number of benzene rings is 8. The van der Waals surface area contributed by atoms with Crippen LogP contribution >= 0.6 is 0 Å². The van der Waals surface area contributed by atoms with E-state index in [1.807, 2.05) is 0 Å². The highest BCUT2D eigenvalue weighted by Crippen LogP contribution is 2.47. The zero-order chi connectivity index (χ0) is 31.9. The first-order chi connectivity index (χ1) is 23.8. The van der Waals surface area contributed by atoms with Crippen molar-refractivity contribution >= 4 is 49.8 Å². The fraction of sp³-hybridized carbons (Fsp3) is 0. The minimum Gasteiger partial charge on any atom is -0.455 e. The van der Waals surface area contributed by atoms with Crippen LogP contribution in [0.2, 0.25) is 0 Å². The molecule has 9 rings (SSSR count). The van der Waals surface area contributed by atoms with Crippen LogP contribution in [0.4, 0.5) is 17.1 Å². The number of hydrogen-bond acceptors (Lipinski definition) is 2. The summed E-state index contributed by atoms with van der Waals surface area (Å²) in [5.74, 6) is 0. The number of anilines is 3. The van der Waals surface area contributed by atoms with Gasteiger partial charge >= 0.3 is 0 Å². The van der Waals surface area contributed by atoms with E-state index in [1.165, 1.54) is 16.5 Å². The lowest BCUT2D eigenvalue weighted by molar-refractivity contribution is 0.674. The van der Waals surface area contributed by atoms with Gasteiger partial charge in [0.05, 0.1) is 11.4 Å². The molecule has 0 aliphatic rings. The highest BCUT2D eigenvalue weighted by Gasteiger charge is 2.23. The van der Waals surface area contributed by atoms with Crippen molar-refractivity contribution in [2.75, 3.05) is 4.90 Å². The maximum absolute atomic E-state index is 6.84. The molecule has 0 N–H and O–H groups in total. The van der Waals surface area contributed by atoms with E-state index in [0.717, 1.165) is 66.6 Å². The SMILES string of the molecule is c1ccc(-c2ccc(N(c3ccccc3)c3ccccc3-c3cccc4c3oc3c5ccccc5ccc43)c(-c3ccccc3)c2)cc1. The Bertz CT molecular complexity index is 2550. The second-order valence-corrected chi connectivity index (χ2v) is 12.1. The molecule has 0 unspecified atom stereocenters. The average molecular weight is 614 g/mol.